The van der Waals surface area contributed by atoms with Crippen LogP contribution in [-0.2, 0) is 22.4 Å². The second-order valence-corrected chi connectivity index (χ2v) is 12.7. The first-order chi connectivity index (χ1) is 22.3. The van der Waals surface area contributed by atoms with Gasteiger partial charge in [0.2, 0.25) is 0 Å². The molecule has 0 unspecified atom stereocenters. The van der Waals surface area contributed by atoms with Crippen molar-refractivity contribution < 1.29 is 46.1 Å². The first-order valence-corrected chi connectivity index (χ1v) is 16.3. The molecule has 0 spiro atoms. The number of carbonyl (C=O) groups excluding carboxylic acids is 2. The third-order valence-corrected chi connectivity index (χ3v) is 8.91. The maximum absolute atomic E-state index is 14.3. The van der Waals surface area contributed by atoms with Crippen LogP contribution in [0.4, 0.5) is 18.9 Å². The summed E-state index contributed by atoms with van der Waals surface area (Å²) in [6.07, 6.45) is -4.01. The maximum atomic E-state index is 14.3. The fraction of sp³-hybridized carbons (Fsp3) is 0.281. The number of alkyl halides is 3. The number of benzene rings is 3. The highest BCUT2D eigenvalue weighted by Gasteiger charge is 2.44. The van der Waals surface area contributed by atoms with Crippen molar-refractivity contribution in [3.05, 3.63) is 89.2 Å². The molecule has 4 aromatic rings. The first-order valence-electron chi connectivity index (χ1n) is 14.4. The van der Waals surface area contributed by atoms with Gasteiger partial charge >= 0.3 is 6.18 Å². The minimum Gasteiger partial charge on any atom is -0.497 e. The fourth-order valence-electron chi connectivity index (χ4n) is 5.58. The van der Waals surface area contributed by atoms with Crippen LogP contribution in [0.25, 0.3) is 16.8 Å². The van der Waals surface area contributed by atoms with Crippen LogP contribution in [0.15, 0.2) is 71.6 Å². The molecule has 0 fully saturated rings. The molecule has 1 aliphatic rings. The highest BCUT2D eigenvalue weighted by Crippen LogP contribution is 2.38. The Labute approximate surface area is 268 Å². The number of aromatic nitrogens is 2. The Morgan fingerprint density at radius 3 is 2.28 bits per heavy atom. The number of carbonyl (C=O) groups is 2. The molecule has 0 radical (unpaired) electrons. The molecule has 0 saturated carbocycles. The van der Waals surface area contributed by atoms with Gasteiger partial charge in [0.1, 0.15) is 11.4 Å². The van der Waals surface area contributed by atoms with Crippen molar-refractivity contribution >= 4 is 27.3 Å². The van der Waals surface area contributed by atoms with E-state index in [1.165, 1.54) is 36.3 Å². The van der Waals surface area contributed by atoms with E-state index in [9.17, 15) is 41.4 Å². The lowest BCUT2D eigenvalue weighted by Gasteiger charge is -2.28. The Bertz CT molecular complexity index is 1920. The summed E-state index contributed by atoms with van der Waals surface area (Å²) in [4.78, 5) is 30.2. The molecule has 2 heterocycles. The topological polar surface area (TPSA) is 142 Å². The molecular weight excluding hydrogens is 641 g/mol. The number of ether oxygens (including phenoxy) is 1. The summed E-state index contributed by atoms with van der Waals surface area (Å²) in [5.41, 5.74) is -0.902. The molecule has 0 bridgehead atoms. The van der Waals surface area contributed by atoms with Crippen molar-refractivity contribution in [3.63, 3.8) is 0 Å². The smallest absolute Gasteiger partial charge is 0.435 e. The molecule has 47 heavy (non-hydrogen) atoms. The van der Waals surface area contributed by atoms with Crippen LogP contribution in [0.5, 0.6) is 5.75 Å². The van der Waals surface area contributed by atoms with E-state index in [0.717, 1.165) is 15.8 Å². The molecule has 0 saturated heterocycles. The third-order valence-electron chi connectivity index (χ3n) is 7.75. The zero-order valence-electron chi connectivity index (χ0n) is 25.4. The van der Waals surface area contributed by atoms with Gasteiger partial charge in [0, 0.05) is 42.7 Å². The highest BCUT2D eigenvalue weighted by molar-refractivity contribution is 7.90. The minimum atomic E-state index is -4.91. The predicted octanol–water partition coefficient (Wildman–Crippen LogP) is 3.60. The highest BCUT2D eigenvalue weighted by atomic mass is 32.2. The fourth-order valence-corrected chi connectivity index (χ4v) is 6.49. The quantitative estimate of drug-likeness (QED) is 0.260. The molecule has 1 aromatic heterocycles. The van der Waals surface area contributed by atoms with Gasteiger partial charge in [-0.05, 0) is 48.4 Å². The van der Waals surface area contributed by atoms with Gasteiger partial charge in [-0.25, -0.2) is 13.1 Å². The normalized spacial score (nSPS) is 13.4. The van der Waals surface area contributed by atoms with E-state index >= 15 is 0 Å². The van der Waals surface area contributed by atoms with Gasteiger partial charge < -0.3 is 24.7 Å². The zero-order chi connectivity index (χ0) is 34.1. The monoisotopic (exact) mass is 672 g/mol. The van der Waals surface area contributed by atoms with E-state index in [-0.39, 0.29) is 59.2 Å². The van der Waals surface area contributed by atoms with Crippen molar-refractivity contribution in [2.24, 2.45) is 0 Å². The number of halogens is 3. The summed E-state index contributed by atoms with van der Waals surface area (Å²) < 4.78 is 73.6. The van der Waals surface area contributed by atoms with Crippen molar-refractivity contribution in [2.75, 3.05) is 51.1 Å². The van der Waals surface area contributed by atoms with Gasteiger partial charge in [-0.2, -0.15) is 18.3 Å². The molecular formula is C32H31F3N4O7S. The number of sulfone groups is 1. The third kappa shape index (κ3) is 6.59. The average molecular weight is 673 g/mol. The number of methoxy groups -OCH3 is 1. The van der Waals surface area contributed by atoms with E-state index in [1.54, 1.807) is 42.5 Å². The van der Waals surface area contributed by atoms with Crippen molar-refractivity contribution in [1.29, 1.82) is 0 Å². The van der Waals surface area contributed by atoms with Gasteiger partial charge in [-0.3, -0.25) is 9.59 Å². The Balaban J connectivity index is 1.61. The molecule has 3 aromatic carbocycles. The number of amides is 2. The van der Waals surface area contributed by atoms with Crippen LogP contribution in [0.3, 0.4) is 0 Å². The Hall–Kier alpha value is -4.73. The summed E-state index contributed by atoms with van der Waals surface area (Å²) in [5.74, 6) is -1.33. The number of aliphatic hydroxyl groups is 2. The van der Waals surface area contributed by atoms with Crippen molar-refractivity contribution in [1.82, 2.24) is 14.7 Å². The van der Waals surface area contributed by atoms with Crippen LogP contribution < -0.4 is 9.64 Å². The summed E-state index contributed by atoms with van der Waals surface area (Å²) >= 11 is 0. The second kappa shape index (κ2) is 13.2. The van der Waals surface area contributed by atoms with E-state index in [0.29, 0.717) is 16.8 Å². The largest absolute Gasteiger partial charge is 0.497 e. The Morgan fingerprint density at radius 2 is 1.68 bits per heavy atom. The summed E-state index contributed by atoms with van der Waals surface area (Å²) in [6.45, 7) is -1.31. The number of anilines is 1. The first kappa shape index (κ1) is 33.6. The number of rotatable bonds is 10. The van der Waals surface area contributed by atoms with Gasteiger partial charge in [0.25, 0.3) is 11.8 Å². The maximum Gasteiger partial charge on any atom is 0.435 e. The number of hydrogen-bond donors (Lipinski definition) is 2. The summed E-state index contributed by atoms with van der Waals surface area (Å²) in [7, 11) is -2.21. The van der Waals surface area contributed by atoms with Gasteiger partial charge in [0.15, 0.2) is 15.5 Å². The molecule has 0 aliphatic carbocycles. The van der Waals surface area contributed by atoms with Gasteiger partial charge in [-0.1, -0.05) is 30.3 Å². The standard InChI is InChI=1S/C32H31F3N4O7S/c1-46-22-11-12-26(25(19-22)30(42)37(15-17-40)16-18-41)39-28-24(29(36-39)32(33,34)35)13-14-38(31(28)43)21-9-7-20(8-10-21)23-5-3-4-6-27(23)47(2,44)45/h3-12,19,40-41H,13-18H2,1-2H3. The van der Waals surface area contributed by atoms with Crippen LogP contribution >= 0.6 is 0 Å². The lowest BCUT2D eigenvalue weighted by atomic mass is 10.0. The molecule has 2 N–H and O–H groups in total. The zero-order valence-corrected chi connectivity index (χ0v) is 26.2. The van der Waals surface area contributed by atoms with Crippen LogP contribution in [0.1, 0.15) is 32.1 Å². The number of aliphatic hydroxyl groups excluding tert-OH is 2. The molecule has 2 amide bonds. The van der Waals surface area contributed by atoms with Gasteiger partial charge in [-0.15, -0.1) is 0 Å². The van der Waals surface area contributed by atoms with E-state index in [2.05, 4.69) is 5.10 Å². The minimum absolute atomic E-state index is 0.102. The van der Waals surface area contributed by atoms with E-state index < -0.39 is 46.7 Å². The molecule has 0 atom stereocenters. The van der Waals surface area contributed by atoms with Crippen LogP contribution in [0, 0.1) is 0 Å². The van der Waals surface area contributed by atoms with E-state index in [1.807, 2.05) is 0 Å². The molecule has 11 nitrogen and oxygen atoms in total. The summed E-state index contributed by atoms with van der Waals surface area (Å²) in [5, 5.41) is 22.8. The lowest BCUT2D eigenvalue weighted by Crippen LogP contribution is -2.39. The molecule has 1 aliphatic heterocycles. The number of hydrogen-bond acceptors (Lipinski definition) is 8. The molecule has 15 heteroatoms. The lowest BCUT2D eigenvalue weighted by molar-refractivity contribution is -0.141. The summed E-state index contributed by atoms with van der Waals surface area (Å²) in [6, 6.07) is 16.8. The van der Waals surface area contributed by atoms with Gasteiger partial charge in [0.05, 0.1) is 36.5 Å². The molecule has 248 valence electrons. The number of nitrogens with zero attached hydrogens (tertiary/aromatic N) is 4. The van der Waals surface area contributed by atoms with Crippen molar-refractivity contribution in [2.45, 2.75) is 17.5 Å². The Morgan fingerprint density at radius 1 is 1.02 bits per heavy atom. The van der Waals surface area contributed by atoms with Crippen LogP contribution in [-0.4, -0.2) is 91.3 Å². The average Bonchev–Trinajstić information content (AvgIpc) is 3.45. The van der Waals surface area contributed by atoms with Crippen LogP contribution in [0.2, 0.25) is 0 Å². The van der Waals surface area contributed by atoms with Crippen molar-refractivity contribution in [3.8, 4) is 22.6 Å². The number of fused-ring (bicyclic) bond motifs is 1. The molecule has 5 rings (SSSR count). The predicted molar refractivity (Wildman–Crippen MR) is 166 cm³/mol. The Kier molecular flexibility index (Phi) is 9.43. The second-order valence-electron chi connectivity index (χ2n) is 10.7. The SMILES string of the molecule is COc1ccc(-n2nc(C(F)(F)F)c3c2C(=O)N(c2ccc(-c4ccccc4S(C)(=O)=O)cc2)CC3)c(C(=O)N(CCO)CCO)c1. The van der Waals surface area contributed by atoms with E-state index in [4.69, 9.17) is 4.74 Å².